The molecular weight excluding hydrogens is 320 g/mol. The van der Waals surface area contributed by atoms with Gasteiger partial charge < -0.3 is 10.2 Å². The summed E-state index contributed by atoms with van der Waals surface area (Å²) < 4.78 is 0. The molecule has 128 valence electrons. The lowest BCUT2D eigenvalue weighted by Crippen LogP contribution is -2.43. The van der Waals surface area contributed by atoms with Crippen molar-refractivity contribution in [2.24, 2.45) is 4.99 Å². The number of likely N-dealkylation sites (tertiary alicyclic amines) is 1. The summed E-state index contributed by atoms with van der Waals surface area (Å²) >= 11 is 6.12. The fourth-order valence-electron chi connectivity index (χ4n) is 3.95. The van der Waals surface area contributed by atoms with Crippen molar-refractivity contribution in [2.75, 3.05) is 33.2 Å². The van der Waals surface area contributed by atoms with Crippen LogP contribution in [0, 0.1) is 0 Å². The lowest BCUT2D eigenvalue weighted by atomic mass is 10.1. The Morgan fingerprint density at radius 3 is 2.88 bits per heavy atom. The van der Waals surface area contributed by atoms with Crippen molar-refractivity contribution in [3.63, 3.8) is 0 Å². The SMILES string of the molecule is CN=C(NC1CC1c1cccc(Cl)c1)N1CCC(N2CC=CC2)C1. The molecule has 1 saturated heterocycles. The lowest BCUT2D eigenvalue weighted by molar-refractivity contribution is 0.259. The second-order valence-corrected chi connectivity index (χ2v) is 7.45. The molecule has 24 heavy (non-hydrogen) atoms. The van der Waals surface area contributed by atoms with Crippen LogP contribution in [-0.2, 0) is 0 Å². The van der Waals surface area contributed by atoms with E-state index in [0.29, 0.717) is 18.0 Å². The molecule has 3 atom stereocenters. The molecule has 0 aromatic heterocycles. The molecule has 0 spiro atoms. The van der Waals surface area contributed by atoms with E-state index in [-0.39, 0.29) is 0 Å². The van der Waals surface area contributed by atoms with E-state index in [2.05, 4.69) is 44.4 Å². The molecule has 0 bridgehead atoms. The summed E-state index contributed by atoms with van der Waals surface area (Å²) in [5, 5.41) is 4.48. The number of nitrogens with one attached hydrogen (secondary N) is 1. The number of rotatable bonds is 3. The minimum atomic E-state index is 0.481. The van der Waals surface area contributed by atoms with Gasteiger partial charge in [-0.1, -0.05) is 35.9 Å². The fourth-order valence-corrected chi connectivity index (χ4v) is 4.15. The second kappa shape index (κ2) is 6.77. The number of benzene rings is 1. The van der Waals surface area contributed by atoms with Crippen LogP contribution >= 0.6 is 11.6 Å². The number of nitrogens with zero attached hydrogens (tertiary/aromatic N) is 3. The summed E-state index contributed by atoms with van der Waals surface area (Å²) in [6, 6.07) is 9.37. The Morgan fingerprint density at radius 2 is 2.12 bits per heavy atom. The van der Waals surface area contributed by atoms with Crippen molar-refractivity contribution in [3.8, 4) is 0 Å². The number of guanidine groups is 1. The zero-order valence-electron chi connectivity index (χ0n) is 14.2. The van der Waals surface area contributed by atoms with E-state index >= 15 is 0 Å². The Labute approximate surface area is 149 Å². The van der Waals surface area contributed by atoms with Gasteiger partial charge >= 0.3 is 0 Å². The first kappa shape index (κ1) is 16.0. The predicted octanol–water partition coefficient (Wildman–Crippen LogP) is 2.72. The Hall–Kier alpha value is -1.52. The maximum absolute atomic E-state index is 6.12. The third kappa shape index (κ3) is 3.31. The topological polar surface area (TPSA) is 30.9 Å². The number of hydrogen-bond acceptors (Lipinski definition) is 2. The molecule has 2 heterocycles. The molecule has 1 aromatic rings. The molecule has 2 aliphatic heterocycles. The standard InChI is InChI=1S/C19H25ClN4/c1-21-19(24-10-7-16(13-24)23-8-2-3-9-23)22-18-12-17(18)14-5-4-6-15(20)11-14/h2-6,11,16-18H,7-10,12-13H2,1H3,(H,21,22). The van der Waals surface area contributed by atoms with Gasteiger partial charge in [0.15, 0.2) is 5.96 Å². The first-order valence-electron chi connectivity index (χ1n) is 8.87. The predicted molar refractivity (Wildman–Crippen MR) is 99.8 cm³/mol. The monoisotopic (exact) mass is 344 g/mol. The average molecular weight is 345 g/mol. The lowest BCUT2D eigenvalue weighted by Gasteiger charge is -2.25. The zero-order chi connectivity index (χ0) is 16.5. The summed E-state index contributed by atoms with van der Waals surface area (Å²) in [6.45, 7) is 4.37. The van der Waals surface area contributed by atoms with E-state index < -0.39 is 0 Å². The molecule has 5 heteroatoms. The molecule has 2 fully saturated rings. The Morgan fingerprint density at radius 1 is 1.29 bits per heavy atom. The molecule has 1 aromatic carbocycles. The van der Waals surface area contributed by atoms with Gasteiger partial charge in [0.1, 0.15) is 0 Å². The van der Waals surface area contributed by atoms with Crippen LogP contribution in [0.1, 0.15) is 24.3 Å². The van der Waals surface area contributed by atoms with Crippen LogP contribution in [0.2, 0.25) is 5.02 Å². The number of aliphatic imine (C=N–C) groups is 1. The minimum absolute atomic E-state index is 0.481. The molecule has 0 amide bonds. The van der Waals surface area contributed by atoms with E-state index in [4.69, 9.17) is 11.6 Å². The van der Waals surface area contributed by atoms with Gasteiger partial charge in [0.2, 0.25) is 0 Å². The highest BCUT2D eigenvalue weighted by molar-refractivity contribution is 6.30. The molecule has 3 unspecified atom stereocenters. The zero-order valence-corrected chi connectivity index (χ0v) is 14.9. The van der Waals surface area contributed by atoms with Crippen molar-refractivity contribution in [3.05, 3.63) is 47.0 Å². The van der Waals surface area contributed by atoms with Crippen LogP contribution in [0.5, 0.6) is 0 Å². The minimum Gasteiger partial charge on any atom is -0.353 e. The molecule has 1 saturated carbocycles. The van der Waals surface area contributed by atoms with Crippen molar-refractivity contribution in [1.29, 1.82) is 0 Å². The molecule has 1 aliphatic carbocycles. The average Bonchev–Trinajstić information content (AvgIpc) is 3.00. The smallest absolute Gasteiger partial charge is 0.193 e. The molecular formula is C19H25ClN4. The van der Waals surface area contributed by atoms with Gasteiger partial charge in [-0.15, -0.1) is 0 Å². The number of halogens is 1. The van der Waals surface area contributed by atoms with Crippen molar-refractivity contribution in [1.82, 2.24) is 15.1 Å². The maximum atomic E-state index is 6.12. The largest absolute Gasteiger partial charge is 0.353 e. The Balaban J connectivity index is 1.33. The van der Waals surface area contributed by atoms with Crippen LogP contribution in [0.4, 0.5) is 0 Å². The van der Waals surface area contributed by atoms with Crippen LogP contribution in [-0.4, -0.2) is 61.1 Å². The van der Waals surface area contributed by atoms with Crippen molar-refractivity contribution < 1.29 is 0 Å². The second-order valence-electron chi connectivity index (χ2n) is 7.01. The fraction of sp³-hybridized carbons (Fsp3) is 0.526. The van der Waals surface area contributed by atoms with Gasteiger partial charge in [-0.05, 0) is 30.5 Å². The first-order chi connectivity index (χ1) is 11.7. The Kier molecular flexibility index (Phi) is 4.51. The van der Waals surface area contributed by atoms with E-state index in [1.54, 1.807) is 0 Å². The van der Waals surface area contributed by atoms with Crippen LogP contribution < -0.4 is 5.32 Å². The first-order valence-corrected chi connectivity index (χ1v) is 9.25. The Bertz CT molecular complexity index is 649. The summed E-state index contributed by atoms with van der Waals surface area (Å²) in [5.41, 5.74) is 1.33. The highest BCUT2D eigenvalue weighted by Gasteiger charge is 2.40. The quantitative estimate of drug-likeness (QED) is 0.519. The van der Waals surface area contributed by atoms with Crippen LogP contribution in [0.15, 0.2) is 41.4 Å². The van der Waals surface area contributed by atoms with Gasteiger partial charge in [0, 0.05) is 56.3 Å². The highest BCUT2D eigenvalue weighted by atomic mass is 35.5. The van der Waals surface area contributed by atoms with Crippen molar-refractivity contribution >= 4 is 17.6 Å². The molecule has 0 radical (unpaired) electrons. The molecule has 4 nitrogen and oxygen atoms in total. The van der Waals surface area contributed by atoms with Crippen LogP contribution in [0.3, 0.4) is 0 Å². The van der Waals surface area contributed by atoms with Gasteiger partial charge in [-0.3, -0.25) is 9.89 Å². The third-order valence-electron chi connectivity index (χ3n) is 5.42. The third-order valence-corrected chi connectivity index (χ3v) is 5.65. The van der Waals surface area contributed by atoms with Gasteiger partial charge in [0.25, 0.3) is 0 Å². The number of hydrogen-bond donors (Lipinski definition) is 1. The summed E-state index contributed by atoms with van der Waals surface area (Å²) in [4.78, 5) is 9.50. The maximum Gasteiger partial charge on any atom is 0.193 e. The van der Waals surface area contributed by atoms with E-state index in [1.807, 2.05) is 19.2 Å². The van der Waals surface area contributed by atoms with Gasteiger partial charge in [-0.2, -0.15) is 0 Å². The normalized spacial score (nSPS) is 30.2. The van der Waals surface area contributed by atoms with E-state index in [0.717, 1.165) is 43.6 Å². The molecule has 4 rings (SSSR count). The van der Waals surface area contributed by atoms with Gasteiger partial charge in [0.05, 0.1) is 0 Å². The van der Waals surface area contributed by atoms with E-state index in [1.165, 1.54) is 12.0 Å². The summed E-state index contributed by atoms with van der Waals surface area (Å²) in [5.74, 6) is 1.61. The molecule has 1 N–H and O–H groups in total. The summed E-state index contributed by atoms with van der Waals surface area (Å²) in [6.07, 6.45) is 6.93. The highest BCUT2D eigenvalue weighted by Crippen LogP contribution is 2.41. The van der Waals surface area contributed by atoms with E-state index in [9.17, 15) is 0 Å². The van der Waals surface area contributed by atoms with Crippen LogP contribution in [0.25, 0.3) is 0 Å². The van der Waals surface area contributed by atoms with Crippen molar-refractivity contribution in [2.45, 2.75) is 30.8 Å². The molecule has 3 aliphatic rings. The van der Waals surface area contributed by atoms with Gasteiger partial charge in [-0.25, -0.2) is 0 Å². The summed E-state index contributed by atoms with van der Waals surface area (Å²) in [7, 11) is 1.89.